The molecule has 0 unspecified atom stereocenters. The lowest BCUT2D eigenvalue weighted by atomic mass is 9.98. The van der Waals surface area contributed by atoms with Crippen LogP contribution in [0.4, 0.5) is 5.69 Å². The topological polar surface area (TPSA) is 77.1 Å². The lowest BCUT2D eigenvalue weighted by Crippen LogP contribution is -2.13. The fourth-order valence-corrected chi connectivity index (χ4v) is 3.90. The molecule has 0 fully saturated rings. The Bertz CT molecular complexity index is 1500. The van der Waals surface area contributed by atoms with Gasteiger partial charge >= 0.3 is 5.63 Å². The van der Waals surface area contributed by atoms with Gasteiger partial charge < -0.3 is 9.73 Å². The van der Waals surface area contributed by atoms with Crippen molar-refractivity contribution in [3.63, 3.8) is 0 Å². The Hall–Kier alpha value is -4.45. The van der Waals surface area contributed by atoms with Crippen LogP contribution in [0.25, 0.3) is 22.1 Å². The van der Waals surface area contributed by atoms with Gasteiger partial charge in [0.2, 0.25) is 0 Å². The molecule has 0 spiro atoms. The van der Waals surface area contributed by atoms with E-state index in [1.165, 1.54) is 6.07 Å². The van der Waals surface area contributed by atoms with Crippen LogP contribution in [0, 0.1) is 6.92 Å². The third-order valence-corrected chi connectivity index (χ3v) is 5.55. The SMILES string of the molecule is Cc1cc(=O)oc2cc(NC(=O)c3ccccc3-c3ccc(Cn4cccn4)cc3)ccc12. The summed E-state index contributed by atoms with van der Waals surface area (Å²) in [7, 11) is 0. The minimum Gasteiger partial charge on any atom is -0.423 e. The fraction of sp³-hybridized carbons (Fsp3) is 0.0741. The summed E-state index contributed by atoms with van der Waals surface area (Å²) in [6.07, 6.45) is 3.68. The van der Waals surface area contributed by atoms with Gasteiger partial charge in [-0.2, -0.15) is 5.10 Å². The van der Waals surface area contributed by atoms with Gasteiger partial charge in [0.15, 0.2) is 0 Å². The average molecular weight is 435 g/mol. The molecule has 162 valence electrons. The predicted molar refractivity (Wildman–Crippen MR) is 128 cm³/mol. The first kappa shape index (κ1) is 20.5. The zero-order valence-electron chi connectivity index (χ0n) is 18.0. The predicted octanol–water partition coefficient (Wildman–Crippen LogP) is 5.27. The number of carbonyl (C=O) groups excluding carboxylic acids is 1. The van der Waals surface area contributed by atoms with Gasteiger partial charge in [-0.1, -0.05) is 42.5 Å². The number of nitrogens with zero attached hydrogens (tertiary/aromatic N) is 2. The van der Waals surface area contributed by atoms with Crippen LogP contribution in [0.15, 0.2) is 100 Å². The molecular weight excluding hydrogens is 414 g/mol. The number of nitrogens with one attached hydrogen (secondary N) is 1. The zero-order chi connectivity index (χ0) is 22.8. The monoisotopic (exact) mass is 435 g/mol. The summed E-state index contributed by atoms with van der Waals surface area (Å²) in [4.78, 5) is 24.9. The number of fused-ring (bicyclic) bond motifs is 1. The molecule has 0 aliphatic heterocycles. The van der Waals surface area contributed by atoms with Gasteiger partial charge in [0, 0.05) is 41.2 Å². The highest BCUT2D eigenvalue weighted by Crippen LogP contribution is 2.26. The van der Waals surface area contributed by atoms with E-state index >= 15 is 0 Å². The number of amides is 1. The first-order chi connectivity index (χ1) is 16.1. The Labute approximate surface area is 190 Å². The van der Waals surface area contributed by atoms with Crippen molar-refractivity contribution in [1.82, 2.24) is 9.78 Å². The first-order valence-electron chi connectivity index (χ1n) is 10.6. The van der Waals surface area contributed by atoms with E-state index in [0.29, 0.717) is 23.4 Å². The number of hydrogen-bond acceptors (Lipinski definition) is 4. The van der Waals surface area contributed by atoms with E-state index in [-0.39, 0.29) is 5.91 Å². The van der Waals surface area contributed by atoms with E-state index in [0.717, 1.165) is 27.6 Å². The summed E-state index contributed by atoms with van der Waals surface area (Å²) in [6, 6.07) is 24.3. The van der Waals surface area contributed by atoms with Crippen LogP contribution in [0.1, 0.15) is 21.5 Å². The Balaban J connectivity index is 1.41. The number of benzene rings is 3. The van der Waals surface area contributed by atoms with Crippen LogP contribution >= 0.6 is 0 Å². The van der Waals surface area contributed by atoms with Gasteiger partial charge in [0.05, 0.1) is 6.54 Å². The van der Waals surface area contributed by atoms with Gasteiger partial charge in [-0.25, -0.2) is 4.79 Å². The molecule has 1 amide bonds. The second-order valence-corrected chi connectivity index (χ2v) is 7.86. The van der Waals surface area contributed by atoms with E-state index in [4.69, 9.17) is 4.42 Å². The second kappa shape index (κ2) is 8.59. The molecule has 0 aliphatic carbocycles. The van der Waals surface area contributed by atoms with Gasteiger partial charge in [0.25, 0.3) is 5.91 Å². The normalized spacial score (nSPS) is 10.9. The van der Waals surface area contributed by atoms with Crippen molar-refractivity contribution in [3.8, 4) is 11.1 Å². The van der Waals surface area contributed by atoms with Crippen molar-refractivity contribution in [2.24, 2.45) is 0 Å². The molecule has 6 nitrogen and oxygen atoms in total. The molecule has 0 aliphatic rings. The molecule has 0 saturated heterocycles. The highest BCUT2D eigenvalue weighted by atomic mass is 16.4. The van der Waals surface area contributed by atoms with Crippen LogP contribution in [-0.2, 0) is 6.54 Å². The van der Waals surface area contributed by atoms with Crippen LogP contribution in [0.5, 0.6) is 0 Å². The summed E-state index contributed by atoms with van der Waals surface area (Å²) < 4.78 is 7.16. The largest absolute Gasteiger partial charge is 0.423 e. The summed E-state index contributed by atoms with van der Waals surface area (Å²) in [5.74, 6) is -0.236. The first-order valence-corrected chi connectivity index (χ1v) is 10.6. The van der Waals surface area contributed by atoms with Crippen LogP contribution in [0.3, 0.4) is 0 Å². The highest BCUT2D eigenvalue weighted by Gasteiger charge is 2.14. The Morgan fingerprint density at radius 2 is 1.82 bits per heavy atom. The third kappa shape index (κ3) is 4.32. The molecule has 5 aromatic rings. The van der Waals surface area contributed by atoms with Gasteiger partial charge in [-0.05, 0) is 53.4 Å². The molecule has 0 radical (unpaired) electrons. The van der Waals surface area contributed by atoms with Crippen molar-refractivity contribution in [3.05, 3.63) is 118 Å². The van der Waals surface area contributed by atoms with E-state index in [9.17, 15) is 9.59 Å². The molecule has 5 rings (SSSR count). The minimum atomic E-state index is -0.412. The number of carbonyl (C=O) groups is 1. The molecule has 0 bridgehead atoms. The molecule has 3 aromatic carbocycles. The number of anilines is 1. The molecule has 33 heavy (non-hydrogen) atoms. The average Bonchev–Trinajstić information content (AvgIpc) is 3.32. The van der Waals surface area contributed by atoms with Crippen molar-refractivity contribution in [2.75, 3.05) is 5.32 Å². The smallest absolute Gasteiger partial charge is 0.336 e. The molecule has 2 aromatic heterocycles. The lowest BCUT2D eigenvalue weighted by molar-refractivity contribution is 0.102. The Morgan fingerprint density at radius 1 is 1.00 bits per heavy atom. The van der Waals surface area contributed by atoms with Gasteiger partial charge in [0.1, 0.15) is 5.58 Å². The summed E-state index contributed by atoms with van der Waals surface area (Å²) in [5, 5.41) is 8.00. The lowest BCUT2D eigenvalue weighted by Gasteiger charge is -2.12. The fourth-order valence-electron chi connectivity index (χ4n) is 3.90. The third-order valence-electron chi connectivity index (χ3n) is 5.55. The summed E-state index contributed by atoms with van der Waals surface area (Å²) >= 11 is 0. The molecule has 1 N–H and O–H groups in total. The number of aromatic nitrogens is 2. The minimum absolute atomic E-state index is 0.236. The van der Waals surface area contributed by atoms with E-state index < -0.39 is 5.63 Å². The highest BCUT2D eigenvalue weighted by molar-refractivity contribution is 6.09. The van der Waals surface area contributed by atoms with E-state index in [2.05, 4.69) is 10.4 Å². The van der Waals surface area contributed by atoms with E-state index in [1.54, 1.807) is 24.4 Å². The molecule has 2 heterocycles. The van der Waals surface area contributed by atoms with Crippen molar-refractivity contribution < 1.29 is 9.21 Å². The Morgan fingerprint density at radius 3 is 2.61 bits per heavy atom. The maximum Gasteiger partial charge on any atom is 0.336 e. The number of aryl methyl sites for hydroxylation is 1. The Kier molecular flexibility index (Phi) is 5.32. The van der Waals surface area contributed by atoms with Crippen LogP contribution < -0.4 is 10.9 Å². The van der Waals surface area contributed by atoms with Crippen molar-refractivity contribution in [2.45, 2.75) is 13.5 Å². The molecule has 0 atom stereocenters. The molecule has 6 heteroatoms. The van der Waals surface area contributed by atoms with Crippen molar-refractivity contribution >= 4 is 22.6 Å². The standard InChI is InChI=1S/C27H21N3O3/c1-18-15-26(31)33-25-16-21(11-12-22(18)25)29-27(32)24-6-3-2-5-23(24)20-9-7-19(8-10-20)17-30-14-4-13-28-30/h2-16H,17H2,1H3,(H,29,32). The number of hydrogen-bond donors (Lipinski definition) is 1. The maximum atomic E-state index is 13.1. The number of rotatable bonds is 5. The second-order valence-electron chi connectivity index (χ2n) is 7.86. The summed E-state index contributed by atoms with van der Waals surface area (Å²) in [6.45, 7) is 2.54. The van der Waals surface area contributed by atoms with Gasteiger partial charge in [-0.15, -0.1) is 0 Å². The van der Waals surface area contributed by atoms with Gasteiger partial charge in [-0.3, -0.25) is 9.48 Å². The van der Waals surface area contributed by atoms with E-state index in [1.807, 2.05) is 72.4 Å². The van der Waals surface area contributed by atoms with Crippen molar-refractivity contribution in [1.29, 1.82) is 0 Å². The van der Waals surface area contributed by atoms with Crippen LogP contribution in [0.2, 0.25) is 0 Å². The maximum absolute atomic E-state index is 13.1. The molecular formula is C27H21N3O3. The molecule has 0 saturated carbocycles. The quantitative estimate of drug-likeness (QED) is 0.382. The zero-order valence-corrected chi connectivity index (χ0v) is 18.0. The van der Waals surface area contributed by atoms with Crippen LogP contribution in [-0.4, -0.2) is 15.7 Å². The summed E-state index contributed by atoms with van der Waals surface area (Å²) in [5.41, 5.74) is 4.89.